The predicted molar refractivity (Wildman–Crippen MR) is 88.3 cm³/mol. The van der Waals surface area contributed by atoms with Gasteiger partial charge in [0, 0.05) is 18.2 Å². The van der Waals surface area contributed by atoms with Crippen molar-refractivity contribution in [1.29, 1.82) is 0 Å². The third-order valence-corrected chi connectivity index (χ3v) is 4.80. The minimum atomic E-state index is 0.249. The normalized spacial score (nSPS) is 25.1. The van der Waals surface area contributed by atoms with Gasteiger partial charge in [0.2, 0.25) is 6.23 Å². The molecule has 0 saturated carbocycles. The summed E-state index contributed by atoms with van der Waals surface area (Å²) >= 11 is 0. The number of hydrogen-bond acceptors (Lipinski definition) is 1. The zero-order valence-corrected chi connectivity index (χ0v) is 12.8. The quantitative estimate of drug-likeness (QED) is 0.585. The van der Waals surface area contributed by atoms with Gasteiger partial charge < -0.3 is 4.74 Å². The van der Waals surface area contributed by atoms with Crippen molar-refractivity contribution >= 4 is 10.8 Å². The van der Waals surface area contributed by atoms with Gasteiger partial charge in [-0.25, -0.2) is 0 Å². The minimum absolute atomic E-state index is 0.249. The van der Waals surface area contributed by atoms with Crippen molar-refractivity contribution in [3.8, 4) is 5.75 Å². The van der Waals surface area contributed by atoms with Gasteiger partial charge in [-0.15, -0.1) is 0 Å². The number of hydrogen-bond donors (Lipinski definition) is 0. The van der Waals surface area contributed by atoms with Crippen molar-refractivity contribution in [2.24, 2.45) is 0 Å². The molecule has 0 radical (unpaired) electrons. The Bertz CT molecular complexity index is 631. The van der Waals surface area contributed by atoms with Gasteiger partial charge in [-0.3, -0.25) is 4.48 Å². The van der Waals surface area contributed by atoms with Gasteiger partial charge >= 0.3 is 0 Å². The molecule has 0 aliphatic carbocycles. The molecule has 0 N–H and O–H groups in total. The van der Waals surface area contributed by atoms with Crippen molar-refractivity contribution < 1.29 is 9.22 Å². The molecule has 2 aromatic carbocycles. The first-order valence-corrected chi connectivity index (χ1v) is 7.90. The van der Waals surface area contributed by atoms with Crippen LogP contribution in [0.25, 0.3) is 10.8 Å². The standard InChI is InChI=1S/C19H24NO/c1-3-14-20(4-2)15-8-13-19(20)21-18-12-7-10-16-9-5-6-11-17(16)18/h3,5-7,9-12,19H,1,4,8,13-15H2,2H3/q+1. The molecule has 0 spiro atoms. The van der Waals surface area contributed by atoms with Crippen LogP contribution in [0.4, 0.5) is 0 Å². The number of benzene rings is 2. The average Bonchev–Trinajstić information content (AvgIpc) is 2.91. The highest BCUT2D eigenvalue weighted by molar-refractivity contribution is 5.88. The molecule has 0 aromatic heterocycles. The lowest BCUT2D eigenvalue weighted by Crippen LogP contribution is -2.54. The number of quaternary nitrogens is 1. The topological polar surface area (TPSA) is 9.23 Å². The molecule has 110 valence electrons. The molecule has 1 fully saturated rings. The van der Waals surface area contributed by atoms with E-state index in [1.807, 2.05) is 6.08 Å². The summed E-state index contributed by atoms with van der Waals surface area (Å²) in [6.45, 7) is 9.48. The van der Waals surface area contributed by atoms with Crippen molar-refractivity contribution in [1.82, 2.24) is 0 Å². The van der Waals surface area contributed by atoms with Crippen molar-refractivity contribution in [2.75, 3.05) is 19.6 Å². The highest BCUT2D eigenvalue weighted by Crippen LogP contribution is 2.32. The van der Waals surface area contributed by atoms with Crippen LogP contribution < -0.4 is 4.74 Å². The number of rotatable bonds is 5. The number of likely N-dealkylation sites (N-methyl/N-ethyl adjacent to an activating group) is 1. The monoisotopic (exact) mass is 282 g/mol. The lowest BCUT2D eigenvalue weighted by Gasteiger charge is -2.38. The van der Waals surface area contributed by atoms with Crippen LogP contribution in [-0.4, -0.2) is 30.3 Å². The van der Waals surface area contributed by atoms with Gasteiger partial charge in [-0.1, -0.05) is 43.0 Å². The Morgan fingerprint density at radius 3 is 2.86 bits per heavy atom. The fourth-order valence-corrected chi connectivity index (χ4v) is 3.57. The Morgan fingerprint density at radius 2 is 2.05 bits per heavy atom. The molecule has 2 atom stereocenters. The van der Waals surface area contributed by atoms with E-state index in [-0.39, 0.29) is 6.23 Å². The molecule has 21 heavy (non-hydrogen) atoms. The van der Waals surface area contributed by atoms with Crippen LogP contribution in [0.5, 0.6) is 5.75 Å². The summed E-state index contributed by atoms with van der Waals surface area (Å²) in [5.74, 6) is 1.01. The molecular weight excluding hydrogens is 258 g/mol. The van der Waals surface area contributed by atoms with E-state index in [0.717, 1.165) is 29.7 Å². The maximum absolute atomic E-state index is 6.47. The summed E-state index contributed by atoms with van der Waals surface area (Å²) in [6.07, 6.45) is 4.65. The van der Waals surface area contributed by atoms with E-state index in [4.69, 9.17) is 4.74 Å². The molecule has 1 saturated heterocycles. The van der Waals surface area contributed by atoms with E-state index in [1.54, 1.807) is 0 Å². The molecule has 3 rings (SSSR count). The lowest BCUT2D eigenvalue weighted by molar-refractivity contribution is -0.948. The summed E-state index contributed by atoms with van der Waals surface area (Å²) < 4.78 is 7.48. The van der Waals surface area contributed by atoms with Gasteiger partial charge in [0.1, 0.15) is 5.75 Å². The van der Waals surface area contributed by atoms with Gasteiger partial charge in [0.05, 0.1) is 19.6 Å². The largest absolute Gasteiger partial charge is 0.442 e. The summed E-state index contributed by atoms with van der Waals surface area (Å²) in [4.78, 5) is 0. The lowest BCUT2D eigenvalue weighted by atomic mass is 10.1. The second-order valence-corrected chi connectivity index (χ2v) is 5.92. The Balaban J connectivity index is 1.92. The first-order chi connectivity index (χ1) is 10.3. The molecular formula is C19H24NO+. The van der Waals surface area contributed by atoms with E-state index in [2.05, 4.69) is 56.0 Å². The highest BCUT2D eigenvalue weighted by atomic mass is 16.5. The van der Waals surface area contributed by atoms with Crippen LogP contribution in [0, 0.1) is 0 Å². The van der Waals surface area contributed by atoms with Gasteiger partial charge in [-0.05, 0) is 24.5 Å². The van der Waals surface area contributed by atoms with Crippen LogP contribution in [0.3, 0.4) is 0 Å². The van der Waals surface area contributed by atoms with E-state index < -0.39 is 0 Å². The molecule has 2 aromatic rings. The van der Waals surface area contributed by atoms with E-state index in [0.29, 0.717) is 0 Å². The molecule has 2 unspecified atom stereocenters. The van der Waals surface area contributed by atoms with E-state index in [1.165, 1.54) is 23.7 Å². The fourth-order valence-electron chi connectivity index (χ4n) is 3.57. The minimum Gasteiger partial charge on any atom is -0.442 e. The van der Waals surface area contributed by atoms with Crippen molar-refractivity contribution in [3.63, 3.8) is 0 Å². The molecule has 0 amide bonds. The summed E-state index contributed by atoms with van der Waals surface area (Å²) in [6, 6.07) is 14.8. The third-order valence-electron chi connectivity index (χ3n) is 4.80. The van der Waals surface area contributed by atoms with Crippen LogP contribution >= 0.6 is 0 Å². The average molecular weight is 282 g/mol. The van der Waals surface area contributed by atoms with Gasteiger partial charge in [0.15, 0.2) is 0 Å². The SMILES string of the molecule is C=CC[N+]1(CC)CCCC1Oc1cccc2ccccc12. The fraction of sp³-hybridized carbons (Fsp3) is 0.368. The maximum atomic E-state index is 6.47. The van der Waals surface area contributed by atoms with Crippen LogP contribution in [0.1, 0.15) is 19.8 Å². The first-order valence-electron chi connectivity index (χ1n) is 7.90. The zero-order valence-electron chi connectivity index (χ0n) is 12.8. The molecule has 2 heteroatoms. The number of likely N-dealkylation sites (tertiary alicyclic amines) is 1. The second-order valence-electron chi connectivity index (χ2n) is 5.92. The van der Waals surface area contributed by atoms with Gasteiger partial charge in [-0.2, -0.15) is 0 Å². The van der Waals surface area contributed by atoms with Crippen LogP contribution in [0.15, 0.2) is 55.1 Å². The molecule has 1 heterocycles. The number of ether oxygens (including phenoxy) is 1. The molecule has 1 aliphatic heterocycles. The van der Waals surface area contributed by atoms with Crippen molar-refractivity contribution in [2.45, 2.75) is 26.0 Å². The van der Waals surface area contributed by atoms with Crippen LogP contribution in [-0.2, 0) is 0 Å². The summed E-state index contributed by atoms with van der Waals surface area (Å²) in [7, 11) is 0. The third kappa shape index (κ3) is 2.56. The molecule has 2 nitrogen and oxygen atoms in total. The Hall–Kier alpha value is -1.80. The van der Waals surface area contributed by atoms with Gasteiger partial charge in [0.25, 0.3) is 0 Å². The Morgan fingerprint density at radius 1 is 1.24 bits per heavy atom. The van der Waals surface area contributed by atoms with E-state index in [9.17, 15) is 0 Å². The van der Waals surface area contributed by atoms with Crippen molar-refractivity contribution in [3.05, 3.63) is 55.1 Å². The van der Waals surface area contributed by atoms with Crippen LogP contribution in [0.2, 0.25) is 0 Å². The maximum Gasteiger partial charge on any atom is 0.234 e. The highest BCUT2D eigenvalue weighted by Gasteiger charge is 2.41. The summed E-state index contributed by atoms with van der Waals surface area (Å²) in [5, 5.41) is 2.45. The number of nitrogens with zero attached hydrogens (tertiary/aromatic N) is 1. The number of fused-ring (bicyclic) bond motifs is 1. The van der Waals surface area contributed by atoms with E-state index >= 15 is 0 Å². The molecule has 0 bridgehead atoms. The molecule has 1 aliphatic rings. The Labute approximate surface area is 127 Å². The Kier molecular flexibility index (Phi) is 3.98. The smallest absolute Gasteiger partial charge is 0.234 e. The summed E-state index contributed by atoms with van der Waals surface area (Å²) in [5.41, 5.74) is 0. The predicted octanol–water partition coefficient (Wildman–Crippen LogP) is 4.36. The zero-order chi connectivity index (χ0) is 14.7. The second kappa shape index (κ2) is 5.90. The first kappa shape index (κ1) is 14.2.